The van der Waals surface area contributed by atoms with Gasteiger partial charge in [-0.15, -0.1) is 0 Å². The topological polar surface area (TPSA) is 72.9 Å². The Kier molecular flexibility index (Phi) is 3.47. The number of hydrogen-bond acceptors (Lipinski definition) is 3. The van der Waals surface area contributed by atoms with Crippen LogP contribution in [0.3, 0.4) is 0 Å². The summed E-state index contributed by atoms with van der Waals surface area (Å²) in [7, 11) is 1.72. The molecule has 0 saturated heterocycles. The van der Waals surface area contributed by atoms with E-state index in [1.165, 1.54) is 0 Å². The van der Waals surface area contributed by atoms with E-state index in [1.54, 1.807) is 7.05 Å². The van der Waals surface area contributed by atoms with Crippen LogP contribution in [0.4, 0.5) is 0 Å². The van der Waals surface area contributed by atoms with Crippen LogP contribution in [0, 0.1) is 13.8 Å². The Morgan fingerprint density at radius 1 is 1.60 bits per heavy atom. The predicted octanol–water partition coefficient (Wildman–Crippen LogP) is 0.134. The SMILES string of the molecule is CNC(C(N)=O)C(C)n1nc(C)cc1C. The summed E-state index contributed by atoms with van der Waals surface area (Å²) in [6, 6.07) is 1.49. The van der Waals surface area contributed by atoms with Crippen molar-refractivity contribution in [1.82, 2.24) is 15.1 Å². The molecule has 1 aromatic rings. The maximum absolute atomic E-state index is 11.2. The average molecular weight is 210 g/mol. The number of hydrogen-bond donors (Lipinski definition) is 2. The smallest absolute Gasteiger partial charge is 0.236 e. The molecule has 1 aromatic heterocycles. The molecule has 0 fully saturated rings. The van der Waals surface area contributed by atoms with Gasteiger partial charge in [-0.2, -0.15) is 5.10 Å². The lowest BCUT2D eigenvalue weighted by molar-refractivity contribution is -0.120. The Bertz CT molecular complexity index is 358. The number of carbonyl (C=O) groups excluding carboxylic acids is 1. The van der Waals surface area contributed by atoms with E-state index in [0.29, 0.717) is 0 Å². The maximum atomic E-state index is 11.2. The molecule has 0 aliphatic carbocycles. The molecule has 0 spiro atoms. The fourth-order valence-electron chi connectivity index (χ4n) is 1.82. The van der Waals surface area contributed by atoms with E-state index in [4.69, 9.17) is 5.73 Å². The number of nitrogens with two attached hydrogens (primary N) is 1. The third kappa shape index (κ3) is 2.36. The van der Waals surface area contributed by atoms with Crippen molar-refractivity contribution < 1.29 is 4.79 Å². The van der Waals surface area contributed by atoms with Crippen LogP contribution in [0.2, 0.25) is 0 Å². The molecule has 0 radical (unpaired) electrons. The van der Waals surface area contributed by atoms with Gasteiger partial charge in [-0.25, -0.2) is 0 Å². The third-order valence-corrected chi connectivity index (χ3v) is 2.53. The van der Waals surface area contributed by atoms with Crippen molar-refractivity contribution in [2.24, 2.45) is 5.73 Å². The van der Waals surface area contributed by atoms with E-state index < -0.39 is 6.04 Å². The van der Waals surface area contributed by atoms with Gasteiger partial charge in [0.25, 0.3) is 0 Å². The van der Waals surface area contributed by atoms with Gasteiger partial charge in [0.15, 0.2) is 0 Å². The molecule has 0 saturated carbocycles. The second kappa shape index (κ2) is 4.44. The summed E-state index contributed by atoms with van der Waals surface area (Å²) in [5, 5.41) is 7.23. The van der Waals surface area contributed by atoms with Gasteiger partial charge in [0.05, 0.1) is 11.7 Å². The number of aromatic nitrogens is 2. The molecule has 0 aliphatic heterocycles. The van der Waals surface area contributed by atoms with Crippen LogP contribution in [-0.2, 0) is 4.79 Å². The Morgan fingerprint density at radius 2 is 2.20 bits per heavy atom. The average Bonchev–Trinajstić information content (AvgIpc) is 2.45. The van der Waals surface area contributed by atoms with Crippen molar-refractivity contribution in [3.63, 3.8) is 0 Å². The zero-order valence-electron chi connectivity index (χ0n) is 9.61. The molecule has 2 atom stereocenters. The van der Waals surface area contributed by atoms with Gasteiger partial charge in [-0.05, 0) is 33.9 Å². The quantitative estimate of drug-likeness (QED) is 0.742. The molecule has 0 bridgehead atoms. The minimum atomic E-state index is -0.400. The fourth-order valence-corrected chi connectivity index (χ4v) is 1.82. The first kappa shape index (κ1) is 11.7. The van der Waals surface area contributed by atoms with E-state index in [-0.39, 0.29) is 11.9 Å². The van der Waals surface area contributed by atoms with Gasteiger partial charge in [-0.1, -0.05) is 0 Å². The molecule has 1 rings (SSSR count). The predicted molar refractivity (Wildman–Crippen MR) is 58.5 cm³/mol. The van der Waals surface area contributed by atoms with Crippen LogP contribution >= 0.6 is 0 Å². The Balaban J connectivity index is 2.96. The molecular formula is C10H18N4O. The summed E-state index contributed by atoms with van der Waals surface area (Å²) in [4.78, 5) is 11.2. The minimum Gasteiger partial charge on any atom is -0.368 e. The highest BCUT2D eigenvalue weighted by atomic mass is 16.1. The van der Waals surface area contributed by atoms with Gasteiger partial charge in [-0.3, -0.25) is 9.48 Å². The Morgan fingerprint density at radius 3 is 2.53 bits per heavy atom. The number of amides is 1. The molecule has 1 amide bonds. The largest absolute Gasteiger partial charge is 0.368 e. The first-order valence-corrected chi connectivity index (χ1v) is 4.96. The van der Waals surface area contributed by atoms with Crippen molar-refractivity contribution in [3.8, 4) is 0 Å². The van der Waals surface area contributed by atoms with E-state index >= 15 is 0 Å². The standard InChI is InChI=1S/C10H18N4O/c1-6-5-7(2)14(13-6)8(3)9(12-4)10(11)15/h5,8-9,12H,1-4H3,(H2,11,15). The zero-order valence-corrected chi connectivity index (χ0v) is 9.61. The Labute approximate surface area is 89.6 Å². The molecule has 84 valence electrons. The number of primary amides is 1. The van der Waals surface area contributed by atoms with Crippen LogP contribution in [0.1, 0.15) is 24.4 Å². The number of rotatable bonds is 4. The summed E-state index contributed by atoms with van der Waals surface area (Å²) in [6.45, 7) is 5.81. The number of nitrogens with zero attached hydrogens (tertiary/aromatic N) is 2. The number of aryl methyl sites for hydroxylation is 2. The molecule has 15 heavy (non-hydrogen) atoms. The third-order valence-electron chi connectivity index (χ3n) is 2.53. The fraction of sp³-hybridized carbons (Fsp3) is 0.600. The second-order valence-electron chi connectivity index (χ2n) is 3.78. The van der Waals surface area contributed by atoms with E-state index in [1.807, 2.05) is 31.5 Å². The van der Waals surface area contributed by atoms with Crippen LogP contribution in [0.15, 0.2) is 6.07 Å². The van der Waals surface area contributed by atoms with Crippen LogP contribution < -0.4 is 11.1 Å². The van der Waals surface area contributed by atoms with Crippen molar-refractivity contribution in [2.75, 3.05) is 7.05 Å². The first-order chi connectivity index (χ1) is 6.97. The van der Waals surface area contributed by atoms with Crippen molar-refractivity contribution in [3.05, 3.63) is 17.5 Å². The lowest BCUT2D eigenvalue weighted by atomic mass is 10.1. The summed E-state index contributed by atoms with van der Waals surface area (Å²) in [5.41, 5.74) is 7.27. The van der Waals surface area contributed by atoms with Gasteiger partial charge >= 0.3 is 0 Å². The van der Waals surface area contributed by atoms with Gasteiger partial charge < -0.3 is 11.1 Å². The van der Waals surface area contributed by atoms with Gasteiger partial charge in [0.1, 0.15) is 6.04 Å². The van der Waals surface area contributed by atoms with Crippen LogP contribution in [0.25, 0.3) is 0 Å². The minimum absolute atomic E-state index is 0.0822. The highest BCUT2D eigenvalue weighted by Crippen LogP contribution is 2.14. The molecular weight excluding hydrogens is 192 g/mol. The monoisotopic (exact) mass is 210 g/mol. The van der Waals surface area contributed by atoms with Crippen LogP contribution in [0.5, 0.6) is 0 Å². The number of likely N-dealkylation sites (N-methyl/N-ethyl adjacent to an activating group) is 1. The molecule has 2 unspecified atom stereocenters. The highest BCUT2D eigenvalue weighted by Gasteiger charge is 2.23. The highest BCUT2D eigenvalue weighted by molar-refractivity contribution is 5.80. The number of carbonyl (C=O) groups is 1. The summed E-state index contributed by atoms with van der Waals surface area (Å²) >= 11 is 0. The van der Waals surface area contributed by atoms with Crippen molar-refractivity contribution in [2.45, 2.75) is 32.9 Å². The normalized spacial score (nSPS) is 14.9. The van der Waals surface area contributed by atoms with E-state index in [9.17, 15) is 4.79 Å². The molecule has 0 aromatic carbocycles. The van der Waals surface area contributed by atoms with Gasteiger partial charge in [0.2, 0.25) is 5.91 Å². The lowest BCUT2D eigenvalue weighted by Crippen LogP contribution is -2.45. The Hall–Kier alpha value is -1.36. The lowest BCUT2D eigenvalue weighted by Gasteiger charge is -2.22. The molecule has 3 N–H and O–H groups in total. The first-order valence-electron chi connectivity index (χ1n) is 4.96. The molecule has 5 heteroatoms. The zero-order chi connectivity index (χ0) is 11.6. The summed E-state index contributed by atoms with van der Waals surface area (Å²) in [5.74, 6) is -0.363. The maximum Gasteiger partial charge on any atom is 0.236 e. The molecule has 1 heterocycles. The van der Waals surface area contributed by atoms with Crippen LogP contribution in [-0.4, -0.2) is 28.8 Å². The number of nitrogens with one attached hydrogen (secondary N) is 1. The van der Waals surface area contributed by atoms with E-state index in [0.717, 1.165) is 11.4 Å². The molecule has 0 aliphatic rings. The van der Waals surface area contributed by atoms with Crippen molar-refractivity contribution in [1.29, 1.82) is 0 Å². The van der Waals surface area contributed by atoms with E-state index in [2.05, 4.69) is 10.4 Å². The van der Waals surface area contributed by atoms with Crippen molar-refractivity contribution >= 4 is 5.91 Å². The molecule has 5 nitrogen and oxygen atoms in total. The summed E-state index contributed by atoms with van der Waals surface area (Å²) < 4.78 is 1.82. The van der Waals surface area contributed by atoms with Gasteiger partial charge in [0, 0.05) is 5.69 Å². The summed E-state index contributed by atoms with van der Waals surface area (Å²) in [6.07, 6.45) is 0. The second-order valence-corrected chi connectivity index (χ2v) is 3.78.